The Kier molecular flexibility index (Phi) is 5.38. The number of para-hydroxylation sites is 2. The van der Waals surface area contributed by atoms with Crippen LogP contribution in [0.25, 0.3) is 0 Å². The van der Waals surface area contributed by atoms with E-state index < -0.39 is 6.10 Å². The van der Waals surface area contributed by atoms with Crippen LogP contribution in [0.2, 0.25) is 5.02 Å². The van der Waals surface area contributed by atoms with Crippen molar-refractivity contribution in [2.75, 3.05) is 5.32 Å². The van der Waals surface area contributed by atoms with E-state index in [1.54, 1.807) is 6.07 Å². The molecule has 24 heavy (non-hydrogen) atoms. The minimum atomic E-state index is -0.551. The Labute approximate surface area is 146 Å². The van der Waals surface area contributed by atoms with Crippen LogP contribution in [0.3, 0.4) is 0 Å². The van der Waals surface area contributed by atoms with Gasteiger partial charge in [-0.15, -0.1) is 0 Å². The van der Waals surface area contributed by atoms with Crippen molar-refractivity contribution in [3.8, 4) is 5.75 Å². The van der Waals surface area contributed by atoms with Gasteiger partial charge in [0.2, 0.25) is 5.91 Å². The summed E-state index contributed by atoms with van der Waals surface area (Å²) in [4.78, 5) is 12.4. The molecule has 2 atom stereocenters. The number of hydrogen-bond donors (Lipinski definition) is 2. The maximum atomic E-state index is 12.4. The van der Waals surface area contributed by atoms with Crippen molar-refractivity contribution >= 4 is 23.2 Å². The van der Waals surface area contributed by atoms with E-state index in [2.05, 4.69) is 5.32 Å². The van der Waals surface area contributed by atoms with E-state index in [9.17, 15) is 9.90 Å². The van der Waals surface area contributed by atoms with Crippen molar-refractivity contribution in [3.63, 3.8) is 0 Å². The number of amides is 1. The third-order valence-electron chi connectivity index (χ3n) is 4.24. The van der Waals surface area contributed by atoms with Crippen LogP contribution in [-0.4, -0.2) is 17.1 Å². The number of anilines is 1. The molecule has 1 aliphatic rings. The smallest absolute Gasteiger partial charge is 0.230 e. The fraction of sp³-hybridized carbons (Fsp3) is 0.316. The fourth-order valence-corrected chi connectivity index (χ4v) is 3.17. The second-order valence-corrected chi connectivity index (χ2v) is 6.45. The zero-order valence-corrected chi connectivity index (χ0v) is 14.0. The number of nitrogens with one attached hydrogen (secondary N) is 1. The fourth-order valence-electron chi connectivity index (χ4n) is 2.96. The summed E-state index contributed by atoms with van der Waals surface area (Å²) in [6.45, 7) is 0.361. The molecule has 5 heteroatoms. The Morgan fingerprint density at radius 2 is 2.04 bits per heavy atom. The van der Waals surface area contributed by atoms with Gasteiger partial charge in [-0.3, -0.25) is 4.79 Å². The summed E-state index contributed by atoms with van der Waals surface area (Å²) in [5, 5.41) is 13.4. The molecule has 1 aliphatic carbocycles. The summed E-state index contributed by atoms with van der Waals surface area (Å²) < 4.78 is 5.83. The van der Waals surface area contributed by atoms with Crippen molar-refractivity contribution in [2.24, 2.45) is 5.92 Å². The Morgan fingerprint density at radius 1 is 1.21 bits per heavy atom. The molecule has 0 radical (unpaired) electrons. The summed E-state index contributed by atoms with van der Waals surface area (Å²) in [5.41, 5.74) is 1.57. The maximum absolute atomic E-state index is 12.4. The van der Waals surface area contributed by atoms with Gasteiger partial charge >= 0.3 is 0 Å². The first-order chi connectivity index (χ1) is 11.6. The number of carbonyl (C=O) groups is 1. The summed E-state index contributed by atoms with van der Waals surface area (Å²) in [5.74, 6) is 0.100. The van der Waals surface area contributed by atoms with Gasteiger partial charge in [-0.2, -0.15) is 0 Å². The molecule has 2 N–H and O–H groups in total. The molecular weight excluding hydrogens is 326 g/mol. The van der Waals surface area contributed by atoms with Crippen LogP contribution in [0.5, 0.6) is 5.75 Å². The topological polar surface area (TPSA) is 58.6 Å². The van der Waals surface area contributed by atoms with Gasteiger partial charge in [-0.1, -0.05) is 35.9 Å². The Hall–Kier alpha value is -2.04. The van der Waals surface area contributed by atoms with Crippen molar-refractivity contribution < 1.29 is 14.6 Å². The first kappa shape index (κ1) is 16.8. The summed E-state index contributed by atoms with van der Waals surface area (Å²) in [6.07, 6.45) is 1.74. The average molecular weight is 346 g/mol. The van der Waals surface area contributed by atoms with E-state index in [1.807, 2.05) is 42.5 Å². The molecule has 2 aromatic rings. The average Bonchev–Trinajstić information content (AvgIpc) is 3.00. The second kappa shape index (κ2) is 7.69. The van der Waals surface area contributed by atoms with Crippen LogP contribution in [0.4, 0.5) is 5.69 Å². The molecule has 1 fully saturated rings. The lowest BCUT2D eigenvalue weighted by Gasteiger charge is -2.17. The van der Waals surface area contributed by atoms with Crippen molar-refractivity contribution in [1.82, 2.24) is 0 Å². The first-order valence-electron chi connectivity index (χ1n) is 8.08. The van der Waals surface area contributed by atoms with Crippen LogP contribution >= 0.6 is 11.6 Å². The van der Waals surface area contributed by atoms with Crippen LogP contribution in [-0.2, 0) is 11.4 Å². The molecule has 0 aliphatic heterocycles. The summed E-state index contributed by atoms with van der Waals surface area (Å²) in [7, 11) is 0. The maximum Gasteiger partial charge on any atom is 0.230 e. The van der Waals surface area contributed by atoms with Gasteiger partial charge in [0.1, 0.15) is 12.4 Å². The highest BCUT2D eigenvalue weighted by Crippen LogP contribution is 2.30. The Morgan fingerprint density at radius 3 is 2.79 bits per heavy atom. The molecule has 1 amide bonds. The number of halogens is 1. The molecule has 0 heterocycles. The zero-order valence-electron chi connectivity index (χ0n) is 13.2. The van der Waals surface area contributed by atoms with Gasteiger partial charge in [0, 0.05) is 5.02 Å². The molecule has 0 aromatic heterocycles. The quantitative estimate of drug-likeness (QED) is 0.860. The van der Waals surface area contributed by atoms with Crippen molar-refractivity contribution in [1.29, 1.82) is 0 Å². The van der Waals surface area contributed by atoms with Crippen molar-refractivity contribution in [3.05, 3.63) is 59.1 Å². The minimum absolute atomic E-state index is 0.154. The number of carbonyl (C=O) groups excluding carboxylic acids is 1. The number of ether oxygens (including phenoxy) is 1. The van der Waals surface area contributed by atoms with Gasteiger partial charge in [-0.05, 0) is 49.1 Å². The normalized spacial score (nSPS) is 19.9. The monoisotopic (exact) mass is 345 g/mol. The first-order valence-corrected chi connectivity index (χ1v) is 8.46. The number of aliphatic hydroxyl groups excluding tert-OH is 1. The standard InChI is InChI=1S/C19H20ClNO3/c20-14-6-3-5-13(11-14)12-24-18-10-2-1-8-16(18)21-19(23)15-7-4-9-17(15)22/h1-3,5-6,8,10-11,15,17,22H,4,7,9,12H2,(H,21,23). The summed E-state index contributed by atoms with van der Waals surface area (Å²) >= 11 is 5.98. The second-order valence-electron chi connectivity index (χ2n) is 6.01. The van der Waals surface area contributed by atoms with Gasteiger partial charge in [0.05, 0.1) is 17.7 Å². The lowest BCUT2D eigenvalue weighted by Crippen LogP contribution is -2.28. The van der Waals surface area contributed by atoms with Gasteiger partial charge in [0.15, 0.2) is 0 Å². The minimum Gasteiger partial charge on any atom is -0.487 e. The molecule has 0 bridgehead atoms. The van der Waals surface area contributed by atoms with E-state index in [1.165, 1.54) is 0 Å². The van der Waals surface area contributed by atoms with Crippen LogP contribution in [0, 0.1) is 5.92 Å². The van der Waals surface area contributed by atoms with E-state index in [-0.39, 0.29) is 11.8 Å². The molecule has 126 valence electrons. The molecule has 2 aromatic carbocycles. The molecule has 0 spiro atoms. The molecule has 0 saturated heterocycles. The SMILES string of the molecule is O=C(Nc1ccccc1OCc1cccc(Cl)c1)C1CCCC1O. The molecular formula is C19H20ClNO3. The molecule has 1 saturated carbocycles. The van der Waals surface area contributed by atoms with Crippen LogP contribution in [0.15, 0.2) is 48.5 Å². The zero-order chi connectivity index (χ0) is 16.9. The third-order valence-corrected chi connectivity index (χ3v) is 4.48. The molecule has 2 unspecified atom stereocenters. The predicted octanol–water partition coefficient (Wildman–Crippen LogP) is 4.02. The van der Waals surface area contributed by atoms with Gasteiger partial charge in [0.25, 0.3) is 0 Å². The van der Waals surface area contributed by atoms with Crippen LogP contribution < -0.4 is 10.1 Å². The van der Waals surface area contributed by atoms with Crippen LogP contribution in [0.1, 0.15) is 24.8 Å². The summed E-state index contributed by atoms with van der Waals surface area (Å²) in [6, 6.07) is 14.8. The van der Waals surface area contributed by atoms with E-state index in [4.69, 9.17) is 16.3 Å². The number of benzene rings is 2. The number of rotatable bonds is 5. The predicted molar refractivity (Wildman–Crippen MR) is 94.2 cm³/mol. The highest BCUT2D eigenvalue weighted by molar-refractivity contribution is 6.30. The molecule has 4 nitrogen and oxygen atoms in total. The largest absolute Gasteiger partial charge is 0.487 e. The highest BCUT2D eigenvalue weighted by atomic mass is 35.5. The lowest BCUT2D eigenvalue weighted by molar-refractivity contribution is -0.122. The van der Waals surface area contributed by atoms with E-state index in [0.29, 0.717) is 29.5 Å². The number of aliphatic hydroxyl groups is 1. The lowest BCUT2D eigenvalue weighted by atomic mass is 10.1. The molecule has 3 rings (SSSR count). The van der Waals surface area contributed by atoms with Gasteiger partial charge in [-0.25, -0.2) is 0 Å². The van der Waals surface area contributed by atoms with Gasteiger partial charge < -0.3 is 15.2 Å². The number of hydrogen-bond acceptors (Lipinski definition) is 3. The Bertz CT molecular complexity index is 719. The Balaban J connectivity index is 1.67. The highest BCUT2D eigenvalue weighted by Gasteiger charge is 2.31. The van der Waals surface area contributed by atoms with E-state index in [0.717, 1.165) is 18.4 Å². The van der Waals surface area contributed by atoms with Crippen molar-refractivity contribution in [2.45, 2.75) is 32.0 Å². The third kappa shape index (κ3) is 4.08. The van der Waals surface area contributed by atoms with E-state index >= 15 is 0 Å².